The SMILES string of the molecule is CC1(O)CCCCC1NS(=O)(=O)c1cc(C(=O)Nc2cc(F)c(F)c(F)c2)ccc1Cl. The first-order valence-electron chi connectivity index (χ1n) is 9.41. The van der Waals surface area contributed by atoms with Crippen molar-refractivity contribution in [1.29, 1.82) is 0 Å². The van der Waals surface area contributed by atoms with Gasteiger partial charge in [-0.25, -0.2) is 26.3 Å². The predicted molar refractivity (Wildman–Crippen MR) is 109 cm³/mol. The number of aliphatic hydroxyl groups is 1. The second kappa shape index (κ2) is 8.78. The van der Waals surface area contributed by atoms with Gasteiger partial charge in [-0.3, -0.25) is 4.79 Å². The van der Waals surface area contributed by atoms with Crippen LogP contribution in [0.25, 0.3) is 0 Å². The summed E-state index contributed by atoms with van der Waals surface area (Å²) >= 11 is 6.04. The van der Waals surface area contributed by atoms with E-state index in [0.717, 1.165) is 18.9 Å². The topological polar surface area (TPSA) is 95.5 Å². The zero-order valence-corrected chi connectivity index (χ0v) is 18.0. The Kier molecular flexibility index (Phi) is 6.66. The van der Waals surface area contributed by atoms with Crippen LogP contribution in [0.3, 0.4) is 0 Å². The maximum Gasteiger partial charge on any atom is 0.255 e. The molecule has 0 aromatic heterocycles. The van der Waals surface area contributed by atoms with E-state index in [-0.39, 0.29) is 21.2 Å². The number of hydrogen-bond acceptors (Lipinski definition) is 4. The molecule has 3 N–H and O–H groups in total. The van der Waals surface area contributed by atoms with Crippen molar-refractivity contribution in [1.82, 2.24) is 4.72 Å². The highest BCUT2D eigenvalue weighted by molar-refractivity contribution is 7.89. The molecule has 6 nitrogen and oxygen atoms in total. The van der Waals surface area contributed by atoms with Gasteiger partial charge in [0.2, 0.25) is 10.0 Å². The molecular formula is C20H20ClF3N2O4S. The Morgan fingerprint density at radius 1 is 1.16 bits per heavy atom. The summed E-state index contributed by atoms with van der Waals surface area (Å²) in [6.45, 7) is 1.55. The van der Waals surface area contributed by atoms with E-state index in [4.69, 9.17) is 11.6 Å². The van der Waals surface area contributed by atoms with E-state index in [2.05, 4.69) is 10.0 Å². The lowest BCUT2D eigenvalue weighted by Crippen LogP contribution is -2.52. The quantitative estimate of drug-likeness (QED) is 0.569. The summed E-state index contributed by atoms with van der Waals surface area (Å²) in [6, 6.07) is 3.88. The average Bonchev–Trinajstić information content (AvgIpc) is 2.67. The first-order chi connectivity index (χ1) is 14.4. The first-order valence-corrected chi connectivity index (χ1v) is 11.3. The van der Waals surface area contributed by atoms with Gasteiger partial charge in [0.25, 0.3) is 5.91 Å². The lowest BCUT2D eigenvalue weighted by atomic mass is 9.82. The van der Waals surface area contributed by atoms with Crippen molar-refractivity contribution < 1.29 is 31.5 Å². The van der Waals surface area contributed by atoms with Crippen LogP contribution >= 0.6 is 11.6 Å². The lowest BCUT2D eigenvalue weighted by Gasteiger charge is -2.37. The summed E-state index contributed by atoms with van der Waals surface area (Å²) in [7, 11) is -4.20. The Labute approximate surface area is 182 Å². The Bertz CT molecular complexity index is 1100. The van der Waals surface area contributed by atoms with Crippen molar-refractivity contribution in [2.45, 2.75) is 49.1 Å². The summed E-state index contributed by atoms with van der Waals surface area (Å²) in [5.41, 5.74) is -1.74. The van der Waals surface area contributed by atoms with Crippen LogP contribution in [0.4, 0.5) is 18.9 Å². The standard InChI is InChI=1S/C20H20ClF3N2O4S/c1-20(28)7-3-2-4-17(20)26-31(29,30)16-8-11(5-6-13(16)21)19(27)25-12-9-14(22)18(24)15(23)10-12/h5-6,8-10,17,26,28H,2-4,7H2,1H3,(H,25,27). The van der Waals surface area contributed by atoms with E-state index in [9.17, 15) is 31.5 Å². The molecule has 0 spiro atoms. The third-order valence-electron chi connectivity index (χ3n) is 5.20. The molecule has 2 atom stereocenters. The number of amides is 1. The van der Waals surface area contributed by atoms with Gasteiger partial charge >= 0.3 is 0 Å². The minimum absolute atomic E-state index is 0.154. The Hall–Kier alpha value is -2.14. The number of carbonyl (C=O) groups is 1. The van der Waals surface area contributed by atoms with Crippen molar-refractivity contribution in [3.63, 3.8) is 0 Å². The summed E-state index contributed by atoms with van der Waals surface area (Å²) < 4.78 is 68.0. The molecule has 2 aromatic rings. The molecule has 11 heteroatoms. The Balaban J connectivity index is 1.86. The molecule has 0 aliphatic heterocycles. The predicted octanol–water partition coefficient (Wildman–Crippen LogP) is 3.98. The van der Waals surface area contributed by atoms with E-state index in [1.807, 2.05) is 0 Å². The zero-order valence-electron chi connectivity index (χ0n) is 16.4. The second-order valence-electron chi connectivity index (χ2n) is 7.63. The lowest BCUT2D eigenvalue weighted by molar-refractivity contribution is -0.00220. The van der Waals surface area contributed by atoms with Crippen LogP contribution in [0, 0.1) is 17.5 Å². The molecule has 168 valence electrons. The number of anilines is 1. The van der Waals surface area contributed by atoms with Crippen LogP contribution in [-0.4, -0.2) is 31.1 Å². The van der Waals surface area contributed by atoms with E-state index >= 15 is 0 Å². The number of benzene rings is 2. The fraction of sp³-hybridized carbons (Fsp3) is 0.350. The molecule has 31 heavy (non-hydrogen) atoms. The van der Waals surface area contributed by atoms with Gasteiger partial charge in [-0.1, -0.05) is 24.4 Å². The summed E-state index contributed by atoms with van der Waals surface area (Å²) in [5.74, 6) is -5.54. The minimum atomic E-state index is -4.20. The molecule has 0 bridgehead atoms. The Morgan fingerprint density at radius 2 is 1.81 bits per heavy atom. The van der Waals surface area contributed by atoms with E-state index in [1.165, 1.54) is 12.1 Å². The summed E-state index contributed by atoms with van der Waals surface area (Å²) in [6.07, 6.45) is 2.38. The molecule has 2 unspecified atom stereocenters. The fourth-order valence-corrected chi connectivity index (χ4v) is 5.34. The van der Waals surface area contributed by atoms with Crippen molar-refractivity contribution in [3.8, 4) is 0 Å². The van der Waals surface area contributed by atoms with Crippen LogP contribution in [0.2, 0.25) is 5.02 Å². The van der Waals surface area contributed by atoms with Crippen molar-refractivity contribution in [2.75, 3.05) is 5.32 Å². The molecule has 0 heterocycles. The third kappa shape index (κ3) is 5.20. The smallest absolute Gasteiger partial charge is 0.255 e. The van der Waals surface area contributed by atoms with Gasteiger partial charge in [-0.05, 0) is 38.0 Å². The molecule has 1 fully saturated rings. The van der Waals surface area contributed by atoms with Gasteiger partial charge in [0, 0.05) is 23.4 Å². The van der Waals surface area contributed by atoms with Gasteiger partial charge in [0.05, 0.1) is 16.7 Å². The van der Waals surface area contributed by atoms with Crippen molar-refractivity contribution >= 4 is 33.2 Å². The van der Waals surface area contributed by atoms with Crippen molar-refractivity contribution in [2.24, 2.45) is 0 Å². The van der Waals surface area contributed by atoms with Gasteiger partial charge in [0.1, 0.15) is 4.90 Å². The largest absolute Gasteiger partial charge is 0.389 e. The average molecular weight is 477 g/mol. The van der Waals surface area contributed by atoms with Gasteiger partial charge in [-0.15, -0.1) is 0 Å². The van der Waals surface area contributed by atoms with Crippen LogP contribution < -0.4 is 10.0 Å². The fourth-order valence-electron chi connectivity index (χ4n) is 3.43. The number of hydrogen-bond donors (Lipinski definition) is 3. The highest BCUT2D eigenvalue weighted by Crippen LogP contribution is 2.31. The number of sulfonamides is 1. The van der Waals surface area contributed by atoms with Crippen molar-refractivity contribution in [3.05, 3.63) is 58.4 Å². The van der Waals surface area contributed by atoms with Crippen LogP contribution in [0.5, 0.6) is 0 Å². The minimum Gasteiger partial charge on any atom is -0.389 e. The molecule has 3 rings (SSSR count). The van der Waals surface area contributed by atoms with E-state index in [0.29, 0.717) is 25.0 Å². The molecule has 0 saturated heterocycles. The zero-order chi connectivity index (χ0) is 23.0. The molecule has 1 saturated carbocycles. The monoisotopic (exact) mass is 476 g/mol. The molecule has 0 radical (unpaired) electrons. The normalized spacial score (nSPS) is 21.7. The maximum absolute atomic E-state index is 13.4. The summed E-state index contributed by atoms with van der Waals surface area (Å²) in [5, 5.41) is 12.5. The highest BCUT2D eigenvalue weighted by atomic mass is 35.5. The van der Waals surface area contributed by atoms with Gasteiger partial charge < -0.3 is 10.4 Å². The Morgan fingerprint density at radius 3 is 2.42 bits per heavy atom. The third-order valence-corrected chi connectivity index (χ3v) is 7.15. The van der Waals surface area contributed by atoms with Gasteiger partial charge in [0.15, 0.2) is 17.5 Å². The highest BCUT2D eigenvalue weighted by Gasteiger charge is 2.37. The second-order valence-corrected chi connectivity index (χ2v) is 9.72. The number of halogens is 4. The maximum atomic E-state index is 13.4. The van der Waals surface area contributed by atoms with Crippen LogP contribution in [0.15, 0.2) is 35.2 Å². The summed E-state index contributed by atoms with van der Waals surface area (Å²) in [4.78, 5) is 12.1. The number of nitrogens with one attached hydrogen (secondary N) is 2. The number of rotatable bonds is 5. The molecule has 2 aromatic carbocycles. The molecule has 1 aliphatic carbocycles. The molecule has 1 amide bonds. The molecule has 1 aliphatic rings. The van der Waals surface area contributed by atoms with Crippen LogP contribution in [-0.2, 0) is 10.0 Å². The van der Waals surface area contributed by atoms with Gasteiger partial charge in [-0.2, -0.15) is 0 Å². The number of carbonyl (C=O) groups excluding carboxylic acids is 1. The van der Waals surface area contributed by atoms with E-state index < -0.39 is 45.0 Å². The first kappa shape index (κ1) is 23.5. The van der Waals surface area contributed by atoms with E-state index in [1.54, 1.807) is 6.92 Å². The van der Waals surface area contributed by atoms with Crippen LogP contribution in [0.1, 0.15) is 43.0 Å². The molecular weight excluding hydrogens is 457 g/mol.